The van der Waals surface area contributed by atoms with Gasteiger partial charge in [0.2, 0.25) is 5.16 Å². The SMILES string of the molecule is Cc1ccc(-n2c(Sc3nc4ccccn4c3C=O)nnc2-c2ccccc2)cc1C. The number of hydrogen-bond donors (Lipinski definition) is 0. The minimum absolute atomic E-state index is 0.497. The lowest BCUT2D eigenvalue weighted by Crippen LogP contribution is -2.01. The summed E-state index contributed by atoms with van der Waals surface area (Å²) in [6.45, 7) is 4.18. The topological polar surface area (TPSA) is 65.1 Å². The van der Waals surface area contributed by atoms with Crippen LogP contribution in [-0.4, -0.2) is 30.4 Å². The van der Waals surface area contributed by atoms with Crippen molar-refractivity contribution < 1.29 is 4.79 Å². The average molecular weight is 426 g/mol. The zero-order valence-corrected chi connectivity index (χ0v) is 17.9. The molecule has 0 aliphatic rings. The first-order valence-electron chi connectivity index (χ1n) is 9.84. The largest absolute Gasteiger partial charge is 0.296 e. The fourth-order valence-corrected chi connectivity index (χ4v) is 4.40. The fourth-order valence-electron chi connectivity index (χ4n) is 3.47. The molecule has 0 atom stereocenters. The molecule has 7 heteroatoms. The number of rotatable bonds is 5. The summed E-state index contributed by atoms with van der Waals surface area (Å²) >= 11 is 1.34. The van der Waals surface area contributed by atoms with Gasteiger partial charge < -0.3 is 0 Å². The molecule has 3 aromatic heterocycles. The molecule has 5 rings (SSSR count). The summed E-state index contributed by atoms with van der Waals surface area (Å²) < 4.78 is 3.80. The van der Waals surface area contributed by atoms with Crippen LogP contribution in [0.25, 0.3) is 22.7 Å². The van der Waals surface area contributed by atoms with Crippen molar-refractivity contribution in [3.63, 3.8) is 0 Å². The minimum Gasteiger partial charge on any atom is -0.296 e. The molecule has 0 unspecified atom stereocenters. The Morgan fingerprint density at radius 3 is 2.48 bits per heavy atom. The zero-order valence-electron chi connectivity index (χ0n) is 17.1. The summed E-state index contributed by atoms with van der Waals surface area (Å²) in [6.07, 6.45) is 2.66. The molecule has 0 fully saturated rings. The first kappa shape index (κ1) is 19.3. The highest BCUT2D eigenvalue weighted by Crippen LogP contribution is 2.34. The number of benzene rings is 2. The van der Waals surface area contributed by atoms with Crippen molar-refractivity contribution in [3.05, 3.63) is 89.7 Å². The van der Waals surface area contributed by atoms with Crippen molar-refractivity contribution in [1.29, 1.82) is 0 Å². The Bertz CT molecular complexity index is 1400. The number of nitrogens with zero attached hydrogens (tertiary/aromatic N) is 5. The number of aryl methyl sites for hydroxylation is 2. The Kier molecular flexibility index (Phi) is 4.88. The zero-order chi connectivity index (χ0) is 21.4. The third-order valence-electron chi connectivity index (χ3n) is 5.25. The highest BCUT2D eigenvalue weighted by Gasteiger charge is 2.20. The Balaban J connectivity index is 1.68. The molecular formula is C24H19N5OS. The number of aromatic nitrogens is 5. The van der Waals surface area contributed by atoms with Crippen LogP contribution >= 0.6 is 11.8 Å². The van der Waals surface area contributed by atoms with Gasteiger partial charge >= 0.3 is 0 Å². The van der Waals surface area contributed by atoms with Gasteiger partial charge in [-0.3, -0.25) is 13.8 Å². The molecular weight excluding hydrogens is 406 g/mol. The molecule has 3 heterocycles. The van der Waals surface area contributed by atoms with E-state index in [1.165, 1.54) is 22.9 Å². The maximum absolute atomic E-state index is 11.8. The lowest BCUT2D eigenvalue weighted by molar-refractivity contribution is 0.111. The van der Waals surface area contributed by atoms with Gasteiger partial charge in [0.25, 0.3) is 0 Å². The summed E-state index contributed by atoms with van der Waals surface area (Å²) in [5.41, 5.74) is 5.54. The summed E-state index contributed by atoms with van der Waals surface area (Å²) in [6, 6.07) is 21.9. The number of carbonyl (C=O) groups is 1. The van der Waals surface area contributed by atoms with Crippen molar-refractivity contribution in [2.45, 2.75) is 24.0 Å². The van der Waals surface area contributed by atoms with Crippen molar-refractivity contribution in [1.82, 2.24) is 24.1 Å². The number of fused-ring (bicyclic) bond motifs is 1. The predicted molar refractivity (Wildman–Crippen MR) is 121 cm³/mol. The Morgan fingerprint density at radius 1 is 0.903 bits per heavy atom. The second-order valence-corrected chi connectivity index (χ2v) is 8.18. The number of hydrogen-bond acceptors (Lipinski definition) is 5. The van der Waals surface area contributed by atoms with E-state index in [4.69, 9.17) is 0 Å². The van der Waals surface area contributed by atoms with E-state index >= 15 is 0 Å². The van der Waals surface area contributed by atoms with Gasteiger partial charge in [0.05, 0.1) is 5.69 Å². The van der Waals surface area contributed by atoms with Gasteiger partial charge in [-0.2, -0.15) is 0 Å². The Hall–Kier alpha value is -3.71. The van der Waals surface area contributed by atoms with Gasteiger partial charge in [-0.25, -0.2) is 4.98 Å². The molecule has 0 spiro atoms. The monoisotopic (exact) mass is 425 g/mol. The lowest BCUT2D eigenvalue weighted by Gasteiger charge is -2.12. The molecule has 0 aliphatic heterocycles. The van der Waals surface area contributed by atoms with E-state index in [1.54, 1.807) is 4.40 Å². The van der Waals surface area contributed by atoms with Crippen LogP contribution < -0.4 is 0 Å². The number of carbonyl (C=O) groups excluding carboxylic acids is 1. The molecule has 31 heavy (non-hydrogen) atoms. The molecule has 152 valence electrons. The third-order valence-corrected chi connectivity index (χ3v) is 6.19. The van der Waals surface area contributed by atoms with Crippen LogP contribution in [0.3, 0.4) is 0 Å². The second-order valence-electron chi connectivity index (χ2n) is 7.23. The first-order valence-corrected chi connectivity index (χ1v) is 10.7. The van der Waals surface area contributed by atoms with Crippen LogP contribution in [0.1, 0.15) is 21.6 Å². The van der Waals surface area contributed by atoms with Crippen LogP contribution in [0, 0.1) is 13.8 Å². The van der Waals surface area contributed by atoms with Crippen LogP contribution in [0.15, 0.2) is 83.1 Å². The summed E-state index contributed by atoms with van der Waals surface area (Å²) in [4.78, 5) is 16.5. The smallest absolute Gasteiger partial charge is 0.202 e. The van der Waals surface area contributed by atoms with Crippen molar-refractivity contribution in [2.75, 3.05) is 0 Å². The van der Waals surface area contributed by atoms with Gasteiger partial charge in [0, 0.05) is 11.8 Å². The van der Waals surface area contributed by atoms with Crippen LogP contribution in [0.2, 0.25) is 0 Å². The van der Waals surface area contributed by atoms with E-state index in [2.05, 4.69) is 47.2 Å². The first-order chi connectivity index (χ1) is 15.2. The van der Waals surface area contributed by atoms with Gasteiger partial charge in [-0.15, -0.1) is 10.2 Å². The number of aldehydes is 1. The van der Waals surface area contributed by atoms with Gasteiger partial charge in [0.1, 0.15) is 16.4 Å². The van der Waals surface area contributed by atoms with E-state index in [0.717, 1.165) is 23.4 Å². The minimum atomic E-state index is 0.497. The van der Waals surface area contributed by atoms with E-state index in [1.807, 2.05) is 59.3 Å². The van der Waals surface area contributed by atoms with Gasteiger partial charge in [-0.1, -0.05) is 42.5 Å². The molecule has 0 N–H and O–H groups in total. The predicted octanol–water partition coefficient (Wildman–Crippen LogP) is 5.16. The molecule has 0 saturated heterocycles. The highest BCUT2D eigenvalue weighted by atomic mass is 32.2. The van der Waals surface area contributed by atoms with Crippen molar-refractivity contribution >= 4 is 23.7 Å². The highest BCUT2D eigenvalue weighted by molar-refractivity contribution is 7.99. The Labute approximate surface area is 183 Å². The standard InChI is InChI=1S/C24H19N5OS/c1-16-11-12-19(14-17(16)2)29-22(18-8-4-3-5-9-18)26-27-24(29)31-23-20(15-30)28-13-7-6-10-21(28)25-23/h3-15H,1-2H3. The summed E-state index contributed by atoms with van der Waals surface area (Å²) in [5.74, 6) is 0.739. The van der Waals surface area contributed by atoms with Crippen LogP contribution in [-0.2, 0) is 0 Å². The molecule has 5 aromatic rings. The molecule has 2 aromatic carbocycles. The Morgan fingerprint density at radius 2 is 1.71 bits per heavy atom. The quantitative estimate of drug-likeness (QED) is 0.364. The third kappa shape index (κ3) is 3.43. The van der Waals surface area contributed by atoms with E-state index < -0.39 is 0 Å². The summed E-state index contributed by atoms with van der Waals surface area (Å²) in [5, 5.41) is 10.2. The molecule has 0 bridgehead atoms. The van der Waals surface area contributed by atoms with Crippen LogP contribution in [0.5, 0.6) is 0 Å². The van der Waals surface area contributed by atoms with Gasteiger partial charge in [0.15, 0.2) is 12.1 Å². The lowest BCUT2D eigenvalue weighted by atomic mass is 10.1. The molecule has 6 nitrogen and oxygen atoms in total. The van der Waals surface area contributed by atoms with E-state index in [0.29, 0.717) is 21.5 Å². The van der Waals surface area contributed by atoms with Crippen LogP contribution in [0.4, 0.5) is 0 Å². The maximum Gasteiger partial charge on any atom is 0.202 e. The van der Waals surface area contributed by atoms with Gasteiger partial charge in [-0.05, 0) is 61.0 Å². The second kappa shape index (κ2) is 7.85. The molecule has 0 amide bonds. The molecule has 0 saturated carbocycles. The van der Waals surface area contributed by atoms with E-state index in [9.17, 15) is 4.79 Å². The van der Waals surface area contributed by atoms with Crippen molar-refractivity contribution in [2.24, 2.45) is 0 Å². The normalized spacial score (nSPS) is 11.2. The molecule has 0 aliphatic carbocycles. The number of pyridine rings is 1. The summed E-state index contributed by atoms with van der Waals surface area (Å²) in [7, 11) is 0. The maximum atomic E-state index is 11.8. The van der Waals surface area contributed by atoms with Crippen molar-refractivity contribution in [3.8, 4) is 17.1 Å². The number of imidazole rings is 1. The fraction of sp³-hybridized carbons (Fsp3) is 0.0833. The van der Waals surface area contributed by atoms with E-state index in [-0.39, 0.29) is 0 Å². The average Bonchev–Trinajstić information content (AvgIpc) is 3.37. The molecule has 0 radical (unpaired) electrons.